The average Bonchev–Trinajstić information content (AvgIpc) is 2.27. The first-order valence-corrected chi connectivity index (χ1v) is 6.50. The minimum Gasteiger partial charge on any atom is -0.378 e. The highest BCUT2D eigenvalue weighted by Crippen LogP contribution is 2.26. The van der Waals surface area contributed by atoms with E-state index < -0.39 is 0 Å². The number of rotatable bonds is 2. The smallest absolute Gasteiger partial charge is 0.0972 e. The van der Waals surface area contributed by atoms with Crippen molar-refractivity contribution in [3.63, 3.8) is 0 Å². The summed E-state index contributed by atoms with van der Waals surface area (Å²) in [6.45, 7) is 2.00. The largest absolute Gasteiger partial charge is 0.378 e. The second-order valence-electron chi connectivity index (χ2n) is 4.41. The lowest BCUT2D eigenvalue weighted by Gasteiger charge is -2.31. The van der Waals surface area contributed by atoms with Crippen molar-refractivity contribution < 1.29 is 0 Å². The fourth-order valence-electron chi connectivity index (χ4n) is 2.04. The van der Waals surface area contributed by atoms with Gasteiger partial charge < -0.3 is 4.90 Å². The molecule has 0 saturated heterocycles. The van der Waals surface area contributed by atoms with Gasteiger partial charge in [-0.1, -0.05) is 6.07 Å². The van der Waals surface area contributed by atoms with Crippen LogP contribution in [0.3, 0.4) is 0 Å². The number of fused-ring (bicyclic) bond motifs is 1. The zero-order valence-corrected chi connectivity index (χ0v) is 11.5. The summed E-state index contributed by atoms with van der Waals surface area (Å²) >= 11 is 8.74. The molecule has 4 heteroatoms. The Labute approximate surface area is 108 Å². The predicted molar refractivity (Wildman–Crippen MR) is 76.6 cm³/mol. The summed E-state index contributed by atoms with van der Waals surface area (Å²) in [6.07, 6.45) is 1.09. The van der Waals surface area contributed by atoms with E-state index in [-0.39, 0.29) is 4.71 Å². The van der Waals surface area contributed by atoms with Crippen LogP contribution in [0.1, 0.15) is 11.1 Å². The molecule has 1 aliphatic rings. The number of anilines is 1. The van der Waals surface area contributed by atoms with Crippen LogP contribution in [0.5, 0.6) is 0 Å². The Balaban J connectivity index is 2.22. The molecule has 1 heterocycles. The van der Waals surface area contributed by atoms with Gasteiger partial charge in [0.15, 0.2) is 0 Å². The first-order chi connectivity index (χ1) is 7.58. The van der Waals surface area contributed by atoms with E-state index in [0.717, 1.165) is 19.5 Å². The second kappa shape index (κ2) is 4.90. The monoisotopic (exact) mass is 254 g/mol. The van der Waals surface area contributed by atoms with Crippen LogP contribution in [-0.2, 0) is 13.0 Å². The zero-order chi connectivity index (χ0) is 11.7. The molecule has 0 radical (unpaired) electrons. The predicted octanol–water partition coefficient (Wildman–Crippen LogP) is 2.25. The molecule has 1 aliphatic heterocycles. The van der Waals surface area contributed by atoms with E-state index in [9.17, 15) is 0 Å². The molecule has 0 amide bonds. The summed E-state index contributed by atoms with van der Waals surface area (Å²) < 4.78 is 0.0432. The van der Waals surface area contributed by atoms with Gasteiger partial charge in [0.05, 0.1) is 4.71 Å². The van der Waals surface area contributed by atoms with Gasteiger partial charge in [0.1, 0.15) is 0 Å². The van der Waals surface area contributed by atoms with Crippen LogP contribution in [0.2, 0.25) is 0 Å². The Morgan fingerprint density at radius 3 is 2.62 bits per heavy atom. The first kappa shape index (κ1) is 12.1. The number of nitrogens with zero attached hydrogens (tertiary/aromatic N) is 2. The van der Waals surface area contributed by atoms with Crippen LogP contribution in [0, 0.1) is 0 Å². The van der Waals surface area contributed by atoms with Crippen molar-refractivity contribution in [3.05, 3.63) is 29.3 Å². The molecule has 0 saturated carbocycles. The quantitative estimate of drug-likeness (QED) is 0.617. The van der Waals surface area contributed by atoms with Crippen molar-refractivity contribution in [3.8, 4) is 0 Å². The Kier molecular flexibility index (Phi) is 3.72. The van der Waals surface area contributed by atoms with Crippen LogP contribution < -0.4 is 4.90 Å². The maximum absolute atomic E-state index is 4.37. The van der Waals surface area contributed by atoms with Crippen molar-refractivity contribution in [2.45, 2.75) is 17.7 Å². The topological polar surface area (TPSA) is 6.48 Å². The minimum absolute atomic E-state index is 0.0432. The highest BCUT2D eigenvalue weighted by molar-refractivity contribution is 7.99. The Bertz CT molecular complexity index is 377. The summed E-state index contributed by atoms with van der Waals surface area (Å²) in [7, 11) is 4.16. The van der Waals surface area contributed by atoms with Crippen molar-refractivity contribution in [1.82, 2.24) is 4.90 Å². The molecule has 0 bridgehead atoms. The molecule has 0 fully saturated rings. The van der Waals surface area contributed by atoms with Gasteiger partial charge in [-0.25, -0.2) is 0 Å². The van der Waals surface area contributed by atoms with Gasteiger partial charge in [0.2, 0.25) is 0 Å². The van der Waals surface area contributed by atoms with Gasteiger partial charge in [-0.3, -0.25) is 4.90 Å². The lowest BCUT2D eigenvalue weighted by atomic mass is 9.99. The molecule has 0 aliphatic carbocycles. The number of hydrogen-bond donors (Lipinski definition) is 2. The van der Waals surface area contributed by atoms with Crippen molar-refractivity contribution in [2.24, 2.45) is 0 Å². The maximum Gasteiger partial charge on any atom is 0.0972 e. The molecule has 16 heavy (non-hydrogen) atoms. The van der Waals surface area contributed by atoms with Gasteiger partial charge in [0, 0.05) is 32.9 Å². The normalized spacial score (nSPS) is 16.3. The van der Waals surface area contributed by atoms with Crippen molar-refractivity contribution in [2.75, 3.05) is 25.5 Å². The summed E-state index contributed by atoms with van der Waals surface area (Å²) in [5.41, 5.74) is 4.15. The molecule has 0 atom stereocenters. The molecular weight excluding hydrogens is 236 g/mol. The molecule has 0 aromatic heterocycles. The third-order valence-corrected chi connectivity index (χ3v) is 3.73. The molecule has 0 N–H and O–H groups in total. The molecule has 88 valence electrons. The highest BCUT2D eigenvalue weighted by Gasteiger charge is 2.19. The van der Waals surface area contributed by atoms with Gasteiger partial charge in [-0.15, -0.1) is 25.3 Å². The van der Waals surface area contributed by atoms with Crippen LogP contribution in [-0.4, -0.2) is 30.2 Å². The third-order valence-electron chi connectivity index (χ3n) is 3.07. The lowest BCUT2D eigenvalue weighted by molar-refractivity contribution is 0.285. The molecular formula is C12H18N2S2. The molecule has 2 nitrogen and oxygen atoms in total. The second-order valence-corrected chi connectivity index (χ2v) is 5.80. The number of thiol groups is 2. The molecule has 1 aromatic carbocycles. The molecule has 1 aromatic rings. The van der Waals surface area contributed by atoms with Crippen LogP contribution in [0.4, 0.5) is 5.69 Å². The maximum atomic E-state index is 4.37. The standard InChI is InChI=1S/C12H18N2S2/c1-13(2)11-4-3-10-8-14(12(15)16)6-5-9(10)7-11/h3-4,7,12,15-16H,5-6,8H2,1-2H3. The summed E-state index contributed by atoms with van der Waals surface area (Å²) in [4.78, 5) is 4.41. The van der Waals surface area contributed by atoms with Gasteiger partial charge in [-0.05, 0) is 29.7 Å². The molecule has 0 spiro atoms. The van der Waals surface area contributed by atoms with E-state index in [1.165, 1.54) is 16.8 Å². The average molecular weight is 254 g/mol. The Morgan fingerprint density at radius 2 is 2.00 bits per heavy atom. The van der Waals surface area contributed by atoms with E-state index in [1.807, 2.05) is 0 Å². The van der Waals surface area contributed by atoms with Crippen molar-refractivity contribution >= 4 is 30.9 Å². The summed E-state index contributed by atoms with van der Waals surface area (Å²) in [6, 6.07) is 6.69. The van der Waals surface area contributed by atoms with E-state index in [2.05, 4.69) is 67.4 Å². The van der Waals surface area contributed by atoms with E-state index in [1.54, 1.807) is 0 Å². The van der Waals surface area contributed by atoms with E-state index in [0.29, 0.717) is 0 Å². The zero-order valence-electron chi connectivity index (χ0n) is 9.72. The van der Waals surface area contributed by atoms with Gasteiger partial charge >= 0.3 is 0 Å². The SMILES string of the molecule is CN(C)c1ccc2c(c1)CCN(C(S)S)C2. The number of benzene rings is 1. The Morgan fingerprint density at radius 1 is 1.25 bits per heavy atom. The Hall–Kier alpha value is -0.320. The fourth-order valence-corrected chi connectivity index (χ4v) is 2.43. The minimum atomic E-state index is 0.0432. The summed E-state index contributed by atoms with van der Waals surface area (Å²) in [5, 5.41) is 0. The highest BCUT2D eigenvalue weighted by atomic mass is 32.2. The molecule has 2 rings (SSSR count). The third kappa shape index (κ3) is 2.50. The summed E-state index contributed by atoms with van der Waals surface area (Å²) in [5.74, 6) is 0. The molecule has 0 unspecified atom stereocenters. The number of hydrogen-bond acceptors (Lipinski definition) is 4. The first-order valence-electron chi connectivity index (χ1n) is 5.47. The van der Waals surface area contributed by atoms with Crippen LogP contribution >= 0.6 is 25.3 Å². The van der Waals surface area contributed by atoms with E-state index >= 15 is 0 Å². The van der Waals surface area contributed by atoms with Gasteiger partial charge in [-0.2, -0.15) is 0 Å². The fraction of sp³-hybridized carbons (Fsp3) is 0.500. The van der Waals surface area contributed by atoms with E-state index in [4.69, 9.17) is 0 Å². The van der Waals surface area contributed by atoms with Gasteiger partial charge in [0.25, 0.3) is 0 Å². The van der Waals surface area contributed by atoms with Crippen LogP contribution in [0.15, 0.2) is 18.2 Å². The lowest BCUT2D eigenvalue weighted by Crippen LogP contribution is -2.33. The van der Waals surface area contributed by atoms with Crippen molar-refractivity contribution in [1.29, 1.82) is 0 Å². The van der Waals surface area contributed by atoms with Crippen LogP contribution in [0.25, 0.3) is 0 Å².